The van der Waals surface area contributed by atoms with Gasteiger partial charge in [-0.2, -0.15) is 0 Å². The third kappa shape index (κ3) is 4.81. The van der Waals surface area contributed by atoms with Crippen LogP contribution in [0.25, 0.3) is 0 Å². The maximum atomic E-state index is 12.4. The number of carbonyl (C=O) groups is 3. The third-order valence-corrected chi connectivity index (χ3v) is 6.04. The largest absolute Gasteiger partial charge is 0.497 e. The molecule has 1 aliphatic rings. The molecule has 0 spiro atoms. The number of methoxy groups -OCH3 is 1. The van der Waals surface area contributed by atoms with Crippen LogP contribution in [0.15, 0.2) is 40.9 Å². The van der Waals surface area contributed by atoms with Crippen molar-refractivity contribution in [2.75, 3.05) is 30.5 Å². The van der Waals surface area contributed by atoms with Gasteiger partial charge in [0.05, 0.1) is 13.0 Å². The van der Waals surface area contributed by atoms with Crippen molar-refractivity contribution < 1.29 is 23.9 Å². The van der Waals surface area contributed by atoms with Crippen LogP contribution < -0.4 is 15.0 Å². The van der Waals surface area contributed by atoms with Crippen LogP contribution in [-0.2, 0) is 19.1 Å². The number of rotatable bonds is 6. The number of hydrogen-bond acceptors (Lipinski definition) is 5. The number of nitrogens with zero attached hydrogens (tertiary/aromatic N) is 1. The minimum atomic E-state index is -0.607. The minimum absolute atomic E-state index is 0.0531. The van der Waals surface area contributed by atoms with Gasteiger partial charge < -0.3 is 19.7 Å². The Morgan fingerprint density at radius 1 is 1.13 bits per heavy atom. The second kappa shape index (κ2) is 9.30. The van der Waals surface area contributed by atoms with E-state index in [1.165, 1.54) is 0 Å². The minimum Gasteiger partial charge on any atom is -0.497 e. The number of esters is 1. The summed E-state index contributed by atoms with van der Waals surface area (Å²) in [6.07, 6.45) is 0.0531. The first-order chi connectivity index (χ1) is 14.3. The Morgan fingerprint density at radius 3 is 2.50 bits per heavy atom. The van der Waals surface area contributed by atoms with Crippen molar-refractivity contribution in [2.45, 2.75) is 20.3 Å². The molecule has 8 heteroatoms. The Hall–Kier alpha value is -2.87. The van der Waals surface area contributed by atoms with E-state index in [1.54, 1.807) is 42.3 Å². The Morgan fingerprint density at radius 2 is 1.83 bits per heavy atom. The van der Waals surface area contributed by atoms with Crippen molar-refractivity contribution in [2.24, 2.45) is 5.92 Å². The molecular weight excluding hydrogens is 452 g/mol. The van der Waals surface area contributed by atoms with E-state index in [4.69, 9.17) is 9.47 Å². The van der Waals surface area contributed by atoms with E-state index in [9.17, 15) is 14.4 Å². The van der Waals surface area contributed by atoms with Crippen LogP contribution in [0.5, 0.6) is 5.75 Å². The van der Waals surface area contributed by atoms with Gasteiger partial charge in [0.15, 0.2) is 6.61 Å². The van der Waals surface area contributed by atoms with Crippen molar-refractivity contribution in [1.29, 1.82) is 0 Å². The molecule has 2 aromatic rings. The van der Waals surface area contributed by atoms with Gasteiger partial charge in [0.25, 0.3) is 5.91 Å². The van der Waals surface area contributed by atoms with Gasteiger partial charge in [0.2, 0.25) is 5.91 Å². The summed E-state index contributed by atoms with van der Waals surface area (Å²) < 4.78 is 11.2. The predicted octanol–water partition coefficient (Wildman–Crippen LogP) is 3.61. The molecule has 0 bridgehead atoms. The summed E-state index contributed by atoms with van der Waals surface area (Å²) in [6.45, 7) is 3.66. The van der Waals surface area contributed by atoms with Gasteiger partial charge in [-0.3, -0.25) is 14.4 Å². The average molecular weight is 475 g/mol. The number of benzene rings is 2. The molecule has 7 nitrogen and oxygen atoms in total. The van der Waals surface area contributed by atoms with E-state index in [-0.39, 0.29) is 18.9 Å². The fraction of sp³-hybridized carbons (Fsp3) is 0.318. The number of anilines is 2. The molecule has 0 radical (unpaired) electrons. The highest BCUT2D eigenvalue weighted by Gasteiger charge is 2.36. The standard InChI is InChI=1S/C22H23BrN2O5/c1-13-14(2)19(9-8-18(13)23)24-20(26)12-30-22(28)15-10-21(27)25(11-15)16-4-6-17(29-3)7-5-16/h4-9,15H,10-12H2,1-3H3,(H,24,26)/t15-/m1/s1. The number of halogens is 1. The van der Waals surface area contributed by atoms with Crippen molar-refractivity contribution in [3.05, 3.63) is 52.0 Å². The van der Waals surface area contributed by atoms with E-state index < -0.39 is 24.4 Å². The summed E-state index contributed by atoms with van der Waals surface area (Å²) >= 11 is 3.45. The Bertz CT molecular complexity index is 974. The van der Waals surface area contributed by atoms with Gasteiger partial charge >= 0.3 is 5.97 Å². The number of ether oxygens (including phenoxy) is 2. The van der Waals surface area contributed by atoms with Crippen LogP contribution in [0.1, 0.15) is 17.5 Å². The zero-order valence-electron chi connectivity index (χ0n) is 17.0. The van der Waals surface area contributed by atoms with Gasteiger partial charge in [-0.05, 0) is 61.4 Å². The molecule has 0 saturated carbocycles. The monoisotopic (exact) mass is 474 g/mol. The molecule has 0 aromatic heterocycles. The molecule has 2 amide bonds. The highest BCUT2D eigenvalue weighted by molar-refractivity contribution is 9.10. The molecule has 30 heavy (non-hydrogen) atoms. The third-order valence-electron chi connectivity index (χ3n) is 5.18. The van der Waals surface area contributed by atoms with Gasteiger partial charge in [0.1, 0.15) is 5.75 Å². The highest BCUT2D eigenvalue weighted by atomic mass is 79.9. The van der Waals surface area contributed by atoms with Crippen molar-refractivity contribution in [1.82, 2.24) is 0 Å². The molecule has 2 aromatic carbocycles. The first-order valence-corrected chi connectivity index (χ1v) is 10.3. The lowest BCUT2D eigenvalue weighted by atomic mass is 10.1. The van der Waals surface area contributed by atoms with Crippen LogP contribution in [0.2, 0.25) is 0 Å². The summed E-state index contributed by atoms with van der Waals surface area (Å²) in [5.41, 5.74) is 3.31. The average Bonchev–Trinajstić information content (AvgIpc) is 3.14. The molecular formula is C22H23BrN2O5. The molecule has 158 valence electrons. The van der Waals surface area contributed by atoms with Crippen LogP contribution in [-0.4, -0.2) is 38.0 Å². The zero-order chi connectivity index (χ0) is 21.8. The number of carbonyl (C=O) groups excluding carboxylic acids is 3. The maximum absolute atomic E-state index is 12.4. The topological polar surface area (TPSA) is 84.9 Å². The van der Waals surface area contributed by atoms with Gasteiger partial charge in [-0.1, -0.05) is 15.9 Å². The van der Waals surface area contributed by atoms with E-state index in [0.29, 0.717) is 17.1 Å². The van der Waals surface area contributed by atoms with Crippen LogP contribution in [0.3, 0.4) is 0 Å². The smallest absolute Gasteiger partial charge is 0.311 e. The van der Waals surface area contributed by atoms with Crippen LogP contribution in [0.4, 0.5) is 11.4 Å². The number of hydrogen-bond donors (Lipinski definition) is 1. The normalized spacial score (nSPS) is 15.8. The lowest BCUT2D eigenvalue weighted by molar-refractivity contribution is -0.151. The van der Waals surface area contributed by atoms with Gasteiger partial charge in [0, 0.05) is 28.8 Å². The second-order valence-corrected chi connectivity index (χ2v) is 7.96. The Kier molecular flexibility index (Phi) is 6.77. The molecule has 1 fully saturated rings. The Labute approximate surface area is 183 Å². The first kappa shape index (κ1) is 21.8. The molecule has 3 rings (SSSR count). The molecule has 1 heterocycles. The first-order valence-electron chi connectivity index (χ1n) is 9.46. The molecule has 0 aliphatic carbocycles. The molecule has 0 unspecified atom stereocenters. The Balaban J connectivity index is 1.54. The van der Waals surface area contributed by atoms with Gasteiger partial charge in [-0.25, -0.2) is 0 Å². The lowest BCUT2D eigenvalue weighted by Gasteiger charge is -2.17. The van der Waals surface area contributed by atoms with E-state index in [0.717, 1.165) is 15.6 Å². The fourth-order valence-electron chi connectivity index (χ4n) is 3.24. The second-order valence-electron chi connectivity index (χ2n) is 7.10. The highest BCUT2D eigenvalue weighted by Crippen LogP contribution is 2.28. The summed E-state index contributed by atoms with van der Waals surface area (Å²) in [5.74, 6) is -1.07. The van der Waals surface area contributed by atoms with E-state index in [2.05, 4.69) is 21.2 Å². The fourth-order valence-corrected chi connectivity index (χ4v) is 3.67. The van der Waals surface area contributed by atoms with E-state index >= 15 is 0 Å². The summed E-state index contributed by atoms with van der Waals surface area (Å²) in [6, 6.07) is 10.7. The van der Waals surface area contributed by atoms with Crippen LogP contribution in [0, 0.1) is 19.8 Å². The van der Waals surface area contributed by atoms with Gasteiger partial charge in [-0.15, -0.1) is 0 Å². The summed E-state index contributed by atoms with van der Waals surface area (Å²) in [4.78, 5) is 38.5. The van der Waals surface area contributed by atoms with Crippen molar-refractivity contribution in [3.63, 3.8) is 0 Å². The molecule has 1 atom stereocenters. The number of amides is 2. The van der Waals surface area contributed by atoms with Crippen molar-refractivity contribution in [3.8, 4) is 5.75 Å². The maximum Gasteiger partial charge on any atom is 0.311 e. The quantitative estimate of drug-likeness (QED) is 0.646. The molecule has 1 saturated heterocycles. The lowest BCUT2D eigenvalue weighted by Crippen LogP contribution is -2.28. The zero-order valence-corrected chi connectivity index (χ0v) is 18.6. The SMILES string of the molecule is COc1ccc(N2C[C@H](C(=O)OCC(=O)Nc3ccc(Br)c(C)c3C)CC2=O)cc1. The van der Waals surface area contributed by atoms with E-state index in [1.807, 2.05) is 19.9 Å². The summed E-state index contributed by atoms with van der Waals surface area (Å²) in [5, 5.41) is 2.75. The predicted molar refractivity (Wildman–Crippen MR) is 117 cm³/mol. The summed E-state index contributed by atoms with van der Waals surface area (Å²) in [7, 11) is 1.57. The number of nitrogens with one attached hydrogen (secondary N) is 1. The van der Waals surface area contributed by atoms with Crippen molar-refractivity contribution >= 4 is 45.1 Å². The molecule has 1 aliphatic heterocycles. The molecule has 1 N–H and O–H groups in total. The van der Waals surface area contributed by atoms with Crippen LogP contribution >= 0.6 is 15.9 Å².